The van der Waals surface area contributed by atoms with Gasteiger partial charge in [0.05, 0.1) is 17.4 Å². The second-order valence-corrected chi connectivity index (χ2v) is 8.14. The van der Waals surface area contributed by atoms with Crippen LogP contribution in [0.15, 0.2) is 60.7 Å². The Morgan fingerprint density at radius 3 is 1.84 bits per heavy atom. The third-order valence-electron chi connectivity index (χ3n) is 3.99. The van der Waals surface area contributed by atoms with Gasteiger partial charge < -0.3 is 19.7 Å². The Hall–Kier alpha value is -2.93. The van der Waals surface area contributed by atoms with Gasteiger partial charge in [0, 0.05) is 0 Å². The predicted octanol–water partition coefficient (Wildman–Crippen LogP) is 1.36. The van der Waals surface area contributed by atoms with Crippen LogP contribution in [-0.4, -0.2) is 67.9 Å². The zero-order valence-corrected chi connectivity index (χ0v) is 17.4. The minimum atomic E-state index is -4.60. The Balaban J connectivity index is 2.35. The molecule has 0 heterocycles. The molecule has 0 aliphatic heterocycles. The van der Waals surface area contributed by atoms with E-state index < -0.39 is 53.1 Å². The van der Waals surface area contributed by atoms with Crippen LogP contribution in [-0.2, 0) is 23.8 Å². The molecule has 2 aromatic carbocycles. The highest BCUT2D eigenvalue weighted by Crippen LogP contribution is 2.30. The van der Waals surface area contributed by atoms with E-state index in [9.17, 15) is 26.8 Å². The highest BCUT2D eigenvalue weighted by molar-refractivity contribution is 7.86. The zero-order chi connectivity index (χ0) is 23.9. The molecule has 0 bridgehead atoms. The van der Waals surface area contributed by atoms with Gasteiger partial charge in [-0.2, -0.15) is 17.2 Å². The van der Waals surface area contributed by atoms with E-state index in [0.29, 0.717) is 6.26 Å². The molecule has 2 atom stereocenters. The molecule has 1 unspecified atom stereocenters. The first kappa shape index (κ1) is 25.3. The van der Waals surface area contributed by atoms with Crippen LogP contribution in [0.25, 0.3) is 0 Å². The van der Waals surface area contributed by atoms with Gasteiger partial charge in [-0.25, -0.2) is 9.59 Å². The van der Waals surface area contributed by atoms with Gasteiger partial charge in [0.25, 0.3) is 10.1 Å². The quantitative estimate of drug-likeness (QED) is 0.297. The molecule has 174 valence electrons. The van der Waals surface area contributed by atoms with Gasteiger partial charge in [-0.15, -0.1) is 0 Å². The second kappa shape index (κ2) is 10.6. The van der Waals surface area contributed by atoms with Gasteiger partial charge in [-0.3, -0.25) is 4.18 Å². The molecule has 2 rings (SSSR count). The van der Waals surface area contributed by atoms with Crippen molar-refractivity contribution in [2.24, 2.45) is 0 Å². The van der Waals surface area contributed by atoms with Crippen LogP contribution in [0.2, 0.25) is 0 Å². The number of ether oxygens (including phenoxy) is 2. The van der Waals surface area contributed by atoms with Crippen molar-refractivity contribution in [1.29, 1.82) is 0 Å². The number of esters is 2. The molecule has 0 spiro atoms. The lowest BCUT2D eigenvalue weighted by Crippen LogP contribution is -2.55. The number of carbonyl (C=O) groups excluding carboxylic acids is 2. The van der Waals surface area contributed by atoms with Gasteiger partial charge in [-0.1, -0.05) is 36.4 Å². The molecular formula is C20H20F2O9S. The van der Waals surface area contributed by atoms with E-state index in [-0.39, 0.29) is 11.1 Å². The smallest absolute Gasteiger partial charge is 0.338 e. The van der Waals surface area contributed by atoms with Gasteiger partial charge in [0.15, 0.2) is 6.10 Å². The molecule has 0 saturated heterocycles. The summed E-state index contributed by atoms with van der Waals surface area (Å²) in [4.78, 5) is 24.5. The maximum Gasteiger partial charge on any atom is 0.338 e. The van der Waals surface area contributed by atoms with Crippen molar-refractivity contribution in [2.75, 3.05) is 12.9 Å². The fourth-order valence-corrected chi connectivity index (χ4v) is 3.12. The molecule has 0 amide bonds. The molecule has 0 aromatic heterocycles. The summed E-state index contributed by atoms with van der Waals surface area (Å²) in [7, 11) is -4.45. The first-order chi connectivity index (χ1) is 14.9. The van der Waals surface area contributed by atoms with E-state index in [1.165, 1.54) is 48.5 Å². The second-order valence-electron chi connectivity index (χ2n) is 6.54. The number of alkyl halides is 2. The number of hydrogen-bond donors (Lipinski definition) is 2. The molecule has 9 nitrogen and oxygen atoms in total. The standard InChI is InChI=1S/C20H20F2O9S/c1-32(27,28)31-15(12-29-17(23)13-8-4-2-5-9-13)16(20(21,22)19(25)26)30-18(24)14-10-6-3-7-11-14/h2-11,15-16,19,25-26H,12H2,1H3/t15?,16-/m1/s1. The van der Waals surface area contributed by atoms with Gasteiger partial charge in [-0.05, 0) is 24.3 Å². The largest absolute Gasteiger partial charge is 0.459 e. The van der Waals surface area contributed by atoms with E-state index >= 15 is 0 Å². The highest BCUT2D eigenvalue weighted by atomic mass is 32.2. The number of aliphatic hydroxyl groups excluding tert-OH is 1. The minimum Gasteiger partial charge on any atom is -0.459 e. The average Bonchev–Trinajstić information content (AvgIpc) is 2.74. The summed E-state index contributed by atoms with van der Waals surface area (Å²) in [6.07, 6.45) is -7.98. The molecule has 0 radical (unpaired) electrons. The van der Waals surface area contributed by atoms with Crippen molar-refractivity contribution in [3.05, 3.63) is 71.8 Å². The summed E-state index contributed by atoms with van der Waals surface area (Å²) in [6.45, 7) is -1.12. The SMILES string of the molecule is CS(=O)(=O)OC(COC(=O)c1ccccc1)[C@@H](OC(=O)c1ccccc1)C(F)(F)C(O)O. The lowest BCUT2D eigenvalue weighted by molar-refractivity contribution is -0.263. The summed E-state index contributed by atoms with van der Waals surface area (Å²) in [5.41, 5.74) is -0.155. The Labute approximate surface area is 182 Å². The van der Waals surface area contributed by atoms with E-state index in [2.05, 4.69) is 4.18 Å². The summed E-state index contributed by atoms with van der Waals surface area (Å²) in [5, 5.41) is 18.3. The fraction of sp³-hybridized carbons (Fsp3) is 0.300. The van der Waals surface area contributed by atoms with Crippen molar-refractivity contribution in [1.82, 2.24) is 0 Å². The maximum absolute atomic E-state index is 14.6. The lowest BCUT2D eigenvalue weighted by atomic mass is 10.1. The van der Waals surface area contributed by atoms with Crippen LogP contribution in [0, 0.1) is 0 Å². The molecular weight excluding hydrogens is 454 g/mol. The highest BCUT2D eigenvalue weighted by Gasteiger charge is 2.54. The number of rotatable bonds is 10. The van der Waals surface area contributed by atoms with E-state index in [4.69, 9.17) is 19.7 Å². The van der Waals surface area contributed by atoms with Crippen molar-refractivity contribution < 1.29 is 50.7 Å². The molecule has 32 heavy (non-hydrogen) atoms. The van der Waals surface area contributed by atoms with Crippen molar-refractivity contribution >= 4 is 22.1 Å². The number of halogens is 2. The third kappa shape index (κ3) is 7.05. The van der Waals surface area contributed by atoms with Gasteiger partial charge >= 0.3 is 17.9 Å². The first-order valence-corrected chi connectivity index (χ1v) is 10.8. The van der Waals surface area contributed by atoms with Crippen LogP contribution in [0.3, 0.4) is 0 Å². The van der Waals surface area contributed by atoms with Crippen LogP contribution in [0.1, 0.15) is 20.7 Å². The number of carbonyl (C=O) groups is 2. The van der Waals surface area contributed by atoms with E-state index in [1.54, 1.807) is 12.1 Å². The molecule has 0 saturated carbocycles. The normalized spacial score (nSPS) is 13.9. The van der Waals surface area contributed by atoms with Crippen LogP contribution >= 0.6 is 0 Å². The van der Waals surface area contributed by atoms with Crippen LogP contribution in [0.4, 0.5) is 8.78 Å². The number of hydrogen-bond acceptors (Lipinski definition) is 9. The Morgan fingerprint density at radius 1 is 0.938 bits per heavy atom. The van der Waals surface area contributed by atoms with E-state index in [0.717, 1.165) is 0 Å². The van der Waals surface area contributed by atoms with E-state index in [1.807, 2.05) is 0 Å². The number of aliphatic hydroxyl groups is 2. The summed E-state index contributed by atoms with van der Waals surface area (Å²) < 4.78 is 66.6. The average molecular weight is 474 g/mol. The topological polar surface area (TPSA) is 136 Å². The minimum absolute atomic E-state index is 0.0254. The monoisotopic (exact) mass is 474 g/mol. The predicted molar refractivity (Wildman–Crippen MR) is 105 cm³/mol. The molecule has 0 fully saturated rings. The maximum atomic E-state index is 14.6. The third-order valence-corrected chi connectivity index (χ3v) is 4.59. The van der Waals surface area contributed by atoms with Crippen LogP contribution < -0.4 is 0 Å². The molecule has 0 aliphatic rings. The zero-order valence-electron chi connectivity index (χ0n) is 16.6. The Bertz CT molecular complexity index is 1010. The first-order valence-electron chi connectivity index (χ1n) is 9.02. The molecule has 12 heteroatoms. The van der Waals surface area contributed by atoms with Crippen LogP contribution in [0.5, 0.6) is 0 Å². The van der Waals surface area contributed by atoms with Crippen molar-refractivity contribution in [3.8, 4) is 0 Å². The summed E-state index contributed by atoms with van der Waals surface area (Å²) >= 11 is 0. The van der Waals surface area contributed by atoms with Gasteiger partial charge in [0.1, 0.15) is 6.61 Å². The van der Waals surface area contributed by atoms with Gasteiger partial charge in [0.2, 0.25) is 12.4 Å². The Kier molecular flexibility index (Phi) is 8.38. The summed E-state index contributed by atoms with van der Waals surface area (Å²) in [6, 6.07) is 14.1. The molecule has 0 aliphatic carbocycles. The molecule has 2 N–H and O–H groups in total. The summed E-state index contributed by atoms with van der Waals surface area (Å²) in [5.74, 6) is -6.93. The van der Waals surface area contributed by atoms with Crippen molar-refractivity contribution in [2.45, 2.75) is 24.4 Å². The number of benzene rings is 2. The molecule has 2 aromatic rings. The van der Waals surface area contributed by atoms with Crippen molar-refractivity contribution in [3.63, 3.8) is 0 Å². The fourth-order valence-electron chi connectivity index (χ4n) is 2.51. The lowest BCUT2D eigenvalue weighted by Gasteiger charge is -2.32. The Morgan fingerprint density at radius 2 is 1.41 bits per heavy atom.